The summed E-state index contributed by atoms with van der Waals surface area (Å²) in [5.74, 6) is -42.4. The monoisotopic (exact) mass is 652 g/mol. The molecule has 0 spiro atoms. The molecule has 4 N–H and O–H groups in total. The Hall–Kier alpha value is -2.80. The van der Waals surface area contributed by atoms with Crippen molar-refractivity contribution in [3.63, 3.8) is 0 Å². The number of anilines is 2. The van der Waals surface area contributed by atoms with Crippen LogP contribution in [0, 0.1) is 0 Å². The minimum Gasteiger partial charge on any atom is -0.398 e. The van der Waals surface area contributed by atoms with Gasteiger partial charge in [0.1, 0.15) is 0 Å². The largest absolute Gasteiger partial charge is 0.398 e. The molecule has 0 bridgehead atoms. The van der Waals surface area contributed by atoms with Crippen LogP contribution in [0.2, 0.25) is 0 Å². The van der Waals surface area contributed by atoms with E-state index >= 15 is 17.6 Å². The van der Waals surface area contributed by atoms with Crippen molar-refractivity contribution >= 4 is 11.4 Å². The molecule has 2 aromatic carbocycles. The maximum absolute atomic E-state index is 15.2. The number of rotatable bonds is 15. The quantitative estimate of drug-likeness (QED) is 0.149. The van der Waals surface area contributed by atoms with E-state index in [0.29, 0.717) is 24.3 Å². The summed E-state index contributed by atoms with van der Waals surface area (Å²) in [5.41, 5.74) is 6.94. The number of nitrogens with two attached hydrogens (primary N) is 2. The normalized spacial score (nSPS) is 13.9. The van der Waals surface area contributed by atoms with Gasteiger partial charge in [0.2, 0.25) is 0 Å². The highest BCUT2D eigenvalue weighted by Crippen LogP contribution is 2.63. The van der Waals surface area contributed by atoms with E-state index in [1.807, 2.05) is 0 Å². The van der Waals surface area contributed by atoms with Crippen molar-refractivity contribution in [2.24, 2.45) is 0 Å². The predicted molar refractivity (Wildman–Crippen MR) is 145 cm³/mol. The molecule has 0 aliphatic carbocycles. The molecule has 0 aliphatic rings. The van der Waals surface area contributed by atoms with Crippen LogP contribution >= 0.6 is 0 Å². The van der Waals surface area contributed by atoms with Gasteiger partial charge in [0.25, 0.3) is 0 Å². The van der Waals surface area contributed by atoms with Crippen molar-refractivity contribution in [3.8, 4) is 0 Å². The van der Waals surface area contributed by atoms with Crippen LogP contribution in [0.25, 0.3) is 0 Å². The van der Waals surface area contributed by atoms with E-state index in [1.165, 1.54) is 0 Å². The number of alkyl halides is 12. The number of halogens is 12. The lowest BCUT2D eigenvalue weighted by molar-refractivity contribution is -0.429. The van der Waals surface area contributed by atoms with Crippen LogP contribution in [-0.2, 0) is 37.5 Å². The molecule has 0 unspecified atom stereocenters. The zero-order valence-corrected chi connectivity index (χ0v) is 24.7. The second-order valence-electron chi connectivity index (χ2n) is 10.9. The number of hydrogen-bond donors (Lipinski definition) is 2. The Morgan fingerprint density at radius 2 is 0.614 bits per heavy atom. The van der Waals surface area contributed by atoms with Crippen LogP contribution in [0.1, 0.15) is 86.8 Å². The van der Waals surface area contributed by atoms with Crippen LogP contribution < -0.4 is 11.5 Å². The van der Waals surface area contributed by atoms with Gasteiger partial charge in [0.15, 0.2) is 0 Å². The third-order valence-corrected chi connectivity index (χ3v) is 7.48. The zero-order chi connectivity index (χ0) is 34.1. The molecule has 250 valence electrons. The Kier molecular flexibility index (Phi) is 11.0. The number of hydrogen-bond acceptors (Lipinski definition) is 2. The van der Waals surface area contributed by atoms with E-state index in [9.17, 15) is 35.1 Å². The summed E-state index contributed by atoms with van der Waals surface area (Å²) >= 11 is 0. The standard InChI is InChI=1S/C30H36F12N2/c1-5-9-17-13-21(14-18(10-6-2)23(17)43)25(31,32)27(35,36)29(39,40)30(41,42)28(37,38)26(33,34)22-15-19(11-7-3)24(44)20(16-22)12-8-4/h13-16H,5-12,43-44H2,1-4H3. The topological polar surface area (TPSA) is 52.0 Å². The lowest BCUT2D eigenvalue weighted by Gasteiger charge is -2.41. The Morgan fingerprint density at radius 1 is 0.409 bits per heavy atom. The molecule has 0 fully saturated rings. The van der Waals surface area contributed by atoms with Crippen LogP contribution in [0.3, 0.4) is 0 Å². The summed E-state index contributed by atoms with van der Waals surface area (Å²) in [6.45, 7) is 6.19. The summed E-state index contributed by atoms with van der Waals surface area (Å²) in [5, 5.41) is 0. The molecule has 0 saturated carbocycles. The fraction of sp³-hybridized carbons (Fsp3) is 0.600. The van der Waals surface area contributed by atoms with Gasteiger partial charge < -0.3 is 11.5 Å². The first kappa shape index (κ1) is 37.4. The third kappa shape index (κ3) is 5.93. The second-order valence-corrected chi connectivity index (χ2v) is 10.9. The highest BCUT2D eigenvalue weighted by molar-refractivity contribution is 5.58. The predicted octanol–water partition coefficient (Wildman–Crippen LogP) is 10.1. The van der Waals surface area contributed by atoms with Gasteiger partial charge in [-0.1, -0.05) is 53.4 Å². The van der Waals surface area contributed by atoms with E-state index in [0.717, 1.165) is 0 Å². The first-order valence-electron chi connectivity index (χ1n) is 14.1. The van der Waals surface area contributed by atoms with Crippen LogP contribution in [0.5, 0.6) is 0 Å². The van der Waals surface area contributed by atoms with Crippen LogP contribution in [0.15, 0.2) is 24.3 Å². The molecule has 44 heavy (non-hydrogen) atoms. The lowest BCUT2D eigenvalue weighted by atomic mass is 9.84. The molecule has 2 rings (SSSR count). The SMILES string of the molecule is CCCc1cc(C(F)(F)C(F)(F)C(F)(F)C(F)(F)C(F)(F)C(F)(F)c2cc(CCC)c(N)c(CCC)c2)cc(CCC)c1N. The molecular formula is C30H36F12N2. The summed E-state index contributed by atoms with van der Waals surface area (Å²) in [4.78, 5) is 0. The fourth-order valence-electron chi connectivity index (χ4n) is 4.98. The minimum absolute atomic E-state index is 0.101. The Bertz CT molecular complexity index is 1150. The first-order chi connectivity index (χ1) is 20.0. The van der Waals surface area contributed by atoms with Gasteiger partial charge in [-0.15, -0.1) is 0 Å². The van der Waals surface area contributed by atoms with Gasteiger partial charge in [-0.05, 0) is 72.2 Å². The summed E-state index contributed by atoms with van der Waals surface area (Å²) in [7, 11) is 0. The van der Waals surface area contributed by atoms with Gasteiger partial charge in [-0.3, -0.25) is 0 Å². The Morgan fingerprint density at radius 3 is 0.795 bits per heavy atom. The fourth-order valence-corrected chi connectivity index (χ4v) is 4.98. The number of aryl methyl sites for hydroxylation is 4. The van der Waals surface area contributed by atoms with Crippen LogP contribution in [0.4, 0.5) is 64.1 Å². The van der Waals surface area contributed by atoms with E-state index < -0.39 is 46.7 Å². The molecule has 2 aromatic rings. The van der Waals surface area contributed by atoms with E-state index in [1.54, 1.807) is 27.7 Å². The Labute approximate surface area is 248 Å². The molecular weight excluding hydrogens is 616 g/mol. The number of benzene rings is 2. The molecule has 0 heterocycles. The average Bonchev–Trinajstić information content (AvgIpc) is 2.92. The highest BCUT2D eigenvalue weighted by atomic mass is 19.4. The second kappa shape index (κ2) is 12.9. The maximum Gasteiger partial charge on any atom is 0.385 e. The van der Waals surface area contributed by atoms with Crippen molar-refractivity contribution in [1.29, 1.82) is 0 Å². The van der Waals surface area contributed by atoms with Crippen molar-refractivity contribution in [2.75, 3.05) is 11.5 Å². The van der Waals surface area contributed by atoms with Crippen molar-refractivity contribution in [2.45, 2.75) is 115 Å². The average molecular weight is 653 g/mol. The lowest BCUT2D eigenvalue weighted by Crippen LogP contribution is -2.69. The van der Waals surface area contributed by atoms with Gasteiger partial charge >= 0.3 is 35.5 Å². The summed E-state index contributed by atoms with van der Waals surface area (Å²) < 4.78 is 180. The summed E-state index contributed by atoms with van der Waals surface area (Å²) in [6, 6.07) is 1.19. The molecule has 0 aromatic heterocycles. The maximum atomic E-state index is 15.2. The molecule has 2 nitrogen and oxygen atoms in total. The molecule has 0 atom stereocenters. The molecule has 0 radical (unpaired) electrons. The van der Waals surface area contributed by atoms with E-state index in [-0.39, 0.29) is 85.0 Å². The highest BCUT2D eigenvalue weighted by Gasteiger charge is 2.90. The van der Waals surface area contributed by atoms with Crippen molar-refractivity contribution in [1.82, 2.24) is 0 Å². The van der Waals surface area contributed by atoms with Gasteiger partial charge in [-0.25, -0.2) is 0 Å². The summed E-state index contributed by atoms with van der Waals surface area (Å²) in [6.07, 6.45) is 0.493. The molecule has 0 saturated heterocycles. The van der Waals surface area contributed by atoms with E-state index in [2.05, 4.69) is 0 Å². The molecule has 0 aliphatic heterocycles. The van der Waals surface area contributed by atoms with Gasteiger partial charge in [-0.2, -0.15) is 52.7 Å². The van der Waals surface area contributed by atoms with Gasteiger partial charge in [0.05, 0.1) is 0 Å². The van der Waals surface area contributed by atoms with E-state index in [4.69, 9.17) is 11.5 Å². The zero-order valence-electron chi connectivity index (χ0n) is 24.7. The number of nitrogen functional groups attached to an aromatic ring is 2. The van der Waals surface area contributed by atoms with Crippen molar-refractivity contribution in [3.05, 3.63) is 57.6 Å². The molecule has 0 amide bonds. The minimum atomic E-state index is -7.69. The van der Waals surface area contributed by atoms with Crippen LogP contribution in [-0.4, -0.2) is 23.7 Å². The molecule has 14 heteroatoms. The van der Waals surface area contributed by atoms with Crippen molar-refractivity contribution < 1.29 is 52.7 Å². The van der Waals surface area contributed by atoms with Gasteiger partial charge in [0, 0.05) is 22.5 Å². The first-order valence-corrected chi connectivity index (χ1v) is 14.1. The smallest absolute Gasteiger partial charge is 0.385 e. The Balaban J connectivity index is 2.75. The third-order valence-electron chi connectivity index (χ3n) is 7.48.